The summed E-state index contributed by atoms with van der Waals surface area (Å²) in [6.45, 7) is 9.11. The van der Waals surface area contributed by atoms with E-state index in [1.165, 1.54) is 5.56 Å². The second-order valence-electron chi connectivity index (χ2n) is 9.93. The van der Waals surface area contributed by atoms with Crippen molar-refractivity contribution in [2.24, 2.45) is 0 Å². The normalized spacial score (nSPS) is 11.7. The first-order valence-corrected chi connectivity index (χ1v) is 14.2. The van der Waals surface area contributed by atoms with Crippen molar-refractivity contribution >= 4 is 27.7 Å². The van der Waals surface area contributed by atoms with Crippen LogP contribution in [0.15, 0.2) is 77.3 Å². The largest absolute Gasteiger partial charge is 0.483 e. The molecule has 3 aromatic carbocycles. The van der Waals surface area contributed by atoms with Crippen molar-refractivity contribution in [3.05, 3.63) is 99.5 Å². The number of nitrogens with zero attached hydrogens (tertiary/aromatic N) is 1. The molecule has 0 radical (unpaired) electrons. The van der Waals surface area contributed by atoms with Gasteiger partial charge in [-0.15, -0.1) is 0 Å². The van der Waals surface area contributed by atoms with E-state index in [0.717, 1.165) is 34.0 Å². The Kier molecular flexibility index (Phi) is 11.4. The molecule has 2 amide bonds. The Labute approximate surface area is 235 Å². The monoisotopic (exact) mass is 578 g/mol. The van der Waals surface area contributed by atoms with Crippen molar-refractivity contribution < 1.29 is 14.3 Å². The van der Waals surface area contributed by atoms with Crippen molar-refractivity contribution in [2.75, 3.05) is 13.2 Å². The Hall–Kier alpha value is -3.12. The molecule has 3 aromatic rings. The van der Waals surface area contributed by atoms with Crippen molar-refractivity contribution in [3.8, 4) is 5.75 Å². The Balaban J connectivity index is 1.90. The molecule has 0 unspecified atom stereocenters. The van der Waals surface area contributed by atoms with E-state index in [0.29, 0.717) is 31.2 Å². The van der Waals surface area contributed by atoms with E-state index in [1.54, 1.807) is 4.90 Å². The van der Waals surface area contributed by atoms with E-state index >= 15 is 0 Å². The second-order valence-corrected chi connectivity index (χ2v) is 10.8. The summed E-state index contributed by atoms with van der Waals surface area (Å²) >= 11 is 3.58. The van der Waals surface area contributed by atoms with Crippen LogP contribution in [0.2, 0.25) is 0 Å². The number of carbonyl (C=O) groups excluding carboxylic acids is 2. The van der Waals surface area contributed by atoms with Crippen molar-refractivity contribution in [3.63, 3.8) is 0 Å². The van der Waals surface area contributed by atoms with E-state index in [-0.39, 0.29) is 18.4 Å². The van der Waals surface area contributed by atoms with E-state index in [1.807, 2.05) is 79.7 Å². The molecule has 1 atom stereocenters. The number of halogens is 1. The molecule has 1 N–H and O–H groups in total. The zero-order chi connectivity index (χ0) is 27.5. The minimum atomic E-state index is -0.670. The highest BCUT2D eigenvalue weighted by molar-refractivity contribution is 9.10. The van der Waals surface area contributed by atoms with Crippen molar-refractivity contribution in [1.82, 2.24) is 10.2 Å². The molecule has 0 saturated carbocycles. The number of unbranched alkanes of at least 4 members (excludes halogenated alkanes) is 1. The third kappa shape index (κ3) is 8.45. The summed E-state index contributed by atoms with van der Waals surface area (Å²) in [7, 11) is 0. The average Bonchev–Trinajstić information content (AvgIpc) is 2.91. The fraction of sp³-hybridized carbons (Fsp3) is 0.375. The summed E-state index contributed by atoms with van der Waals surface area (Å²) in [4.78, 5) is 29.0. The van der Waals surface area contributed by atoms with Crippen LogP contribution in [0, 0.1) is 6.92 Å². The molecule has 0 aliphatic rings. The summed E-state index contributed by atoms with van der Waals surface area (Å²) in [6, 6.07) is 23.1. The van der Waals surface area contributed by atoms with E-state index in [9.17, 15) is 9.59 Å². The van der Waals surface area contributed by atoms with E-state index < -0.39 is 6.04 Å². The Morgan fingerprint density at radius 2 is 1.71 bits per heavy atom. The van der Waals surface area contributed by atoms with Crippen molar-refractivity contribution in [2.45, 2.75) is 65.5 Å². The molecule has 6 heteroatoms. The molecule has 0 saturated heterocycles. The van der Waals surface area contributed by atoms with Gasteiger partial charge in [0.05, 0.1) is 4.47 Å². The zero-order valence-corrected chi connectivity index (χ0v) is 24.5. The number of nitrogens with one attached hydrogen (secondary N) is 1. The molecule has 0 heterocycles. The highest BCUT2D eigenvalue weighted by atomic mass is 79.9. The molecule has 0 aromatic heterocycles. The van der Waals surface area contributed by atoms with E-state index in [4.69, 9.17) is 4.74 Å². The number of ether oxygens (including phenoxy) is 1. The second kappa shape index (κ2) is 14.7. The van der Waals surface area contributed by atoms with E-state index in [2.05, 4.69) is 42.0 Å². The minimum absolute atomic E-state index is 0.147. The van der Waals surface area contributed by atoms with Crippen LogP contribution >= 0.6 is 15.9 Å². The van der Waals surface area contributed by atoms with Gasteiger partial charge in [-0.3, -0.25) is 9.59 Å². The molecule has 38 heavy (non-hydrogen) atoms. The summed E-state index contributed by atoms with van der Waals surface area (Å²) in [5, 5.41) is 3.06. The van der Waals surface area contributed by atoms with Crippen LogP contribution in [0.1, 0.15) is 61.8 Å². The summed E-state index contributed by atoms with van der Waals surface area (Å²) < 4.78 is 6.80. The summed E-state index contributed by atoms with van der Waals surface area (Å²) in [5.41, 5.74) is 4.26. The van der Waals surface area contributed by atoms with Crippen LogP contribution in [0.4, 0.5) is 0 Å². The minimum Gasteiger partial charge on any atom is -0.483 e. The predicted molar refractivity (Wildman–Crippen MR) is 157 cm³/mol. The van der Waals surface area contributed by atoms with Gasteiger partial charge in [0.1, 0.15) is 11.8 Å². The van der Waals surface area contributed by atoms with Crippen LogP contribution < -0.4 is 10.1 Å². The molecule has 3 rings (SSSR count). The van der Waals surface area contributed by atoms with Gasteiger partial charge < -0.3 is 15.0 Å². The highest BCUT2D eigenvalue weighted by Crippen LogP contribution is 2.29. The van der Waals surface area contributed by atoms with Crippen LogP contribution in [-0.2, 0) is 22.6 Å². The maximum absolute atomic E-state index is 13.8. The van der Waals surface area contributed by atoms with Gasteiger partial charge in [-0.2, -0.15) is 0 Å². The standard InChI is InChI=1S/C32H39BrN2O3/c1-5-6-18-34-32(37)29(19-25-13-8-7-9-14-25)35(21-27-15-11-10-12-24(27)4)31(36)22-38-30-17-16-26(23(2)3)20-28(30)33/h7-17,20,23,29H,5-6,18-19,21-22H2,1-4H3,(H,34,37)/t29-/m1/s1. The van der Waals surface area contributed by atoms with Crippen LogP contribution in [0.3, 0.4) is 0 Å². The highest BCUT2D eigenvalue weighted by Gasteiger charge is 2.31. The van der Waals surface area contributed by atoms with Gasteiger partial charge in [-0.05, 0) is 69.6 Å². The first-order valence-electron chi connectivity index (χ1n) is 13.4. The zero-order valence-electron chi connectivity index (χ0n) is 22.9. The Bertz CT molecular complexity index is 1200. The summed E-state index contributed by atoms with van der Waals surface area (Å²) in [5.74, 6) is 0.605. The first-order chi connectivity index (χ1) is 18.3. The fourth-order valence-electron chi connectivity index (χ4n) is 4.25. The van der Waals surface area contributed by atoms with Gasteiger partial charge >= 0.3 is 0 Å². The SMILES string of the molecule is CCCCNC(=O)[C@@H](Cc1ccccc1)N(Cc1ccccc1C)C(=O)COc1ccc(C(C)C)cc1Br. The third-order valence-electron chi connectivity index (χ3n) is 6.68. The number of hydrogen-bond donors (Lipinski definition) is 1. The Morgan fingerprint density at radius 3 is 2.37 bits per heavy atom. The molecule has 5 nitrogen and oxygen atoms in total. The lowest BCUT2D eigenvalue weighted by molar-refractivity contribution is -0.142. The smallest absolute Gasteiger partial charge is 0.261 e. The molecule has 0 aliphatic carbocycles. The third-order valence-corrected chi connectivity index (χ3v) is 7.30. The van der Waals surface area contributed by atoms with Gasteiger partial charge in [-0.25, -0.2) is 0 Å². The number of amides is 2. The van der Waals surface area contributed by atoms with Gasteiger partial charge in [0.15, 0.2) is 6.61 Å². The van der Waals surface area contributed by atoms with Gasteiger partial charge in [-0.1, -0.05) is 87.9 Å². The van der Waals surface area contributed by atoms with Gasteiger partial charge in [0.2, 0.25) is 5.91 Å². The molecule has 0 spiro atoms. The molecular formula is C32H39BrN2O3. The lowest BCUT2D eigenvalue weighted by Crippen LogP contribution is -2.52. The maximum Gasteiger partial charge on any atom is 0.261 e. The Morgan fingerprint density at radius 1 is 1.00 bits per heavy atom. The molecule has 0 fully saturated rings. The summed E-state index contributed by atoms with van der Waals surface area (Å²) in [6.07, 6.45) is 2.29. The molecular weight excluding hydrogens is 540 g/mol. The molecule has 0 aliphatic heterocycles. The quantitative estimate of drug-likeness (QED) is 0.226. The van der Waals surface area contributed by atoms with Crippen molar-refractivity contribution in [1.29, 1.82) is 0 Å². The number of carbonyl (C=O) groups is 2. The predicted octanol–water partition coefficient (Wildman–Crippen LogP) is 6.82. The van der Waals surface area contributed by atoms with Gasteiger partial charge in [0.25, 0.3) is 5.91 Å². The average molecular weight is 580 g/mol. The lowest BCUT2D eigenvalue weighted by Gasteiger charge is -2.32. The number of aryl methyl sites for hydroxylation is 1. The first kappa shape index (κ1) is 29.4. The molecule has 0 bridgehead atoms. The lowest BCUT2D eigenvalue weighted by atomic mass is 10.0. The fourth-order valence-corrected chi connectivity index (χ4v) is 4.76. The van der Waals surface area contributed by atoms with Gasteiger partial charge in [0, 0.05) is 19.5 Å². The molecule has 202 valence electrons. The topological polar surface area (TPSA) is 58.6 Å². The van der Waals surface area contributed by atoms with Crippen LogP contribution in [-0.4, -0.2) is 35.9 Å². The number of hydrogen-bond acceptors (Lipinski definition) is 3. The van der Waals surface area contributed by atoms with Crippen LogP contribution in [0.5, 0.6) is 5.75 Å². The maximum atomic E-state index is 13.8. The van der Waals surface area contributed by atoms with Crippen LogP contribution in [0.25, 0.3) is 0 Å². The number of rotatable bonds is 13. The number of benzene rings is 3.